The van der Waals surface area contributed by atoms with Crippen molar-refractivity contribution < 1.29 is 23.2 Å². The lowest BCUT2D eigenvalue weighted by Crippen LogP contribution is -2.49. The number of anilines is 1. The molecule has 31 heavy (non-hydrogen) atoms. The Morgan fingerprint density at radius 1 is 0.968 bits per heavy atom. The van der Waals surface area contributed by atoms with Gasteiger partial charge in [-0.05, 0) is 42.2 Å². The SMILES string of the molecule is CCCC(=O)Nc1ccc(CNC(=O)C(NC(=O)c2c(F)cccc2F)C(C)C)cc1. The van der Waals surface area contributed by atoms with E-state index in [2.05, 4.69) is 16.0 Å². The van der Waals surface area contributed by atoms with Gasteiger partial charge in [0.25, 0.3) is 5.91 Å². The second-order valence-corrected chi connectivity index (χ2v) is 7.50. The fourth-order valence-electron chi connectivity index (χ4n) is 2.92. The normalized spacial score (nSPS) is 11.7. The minimum Gasteiger partial charge on any atom is -0.350 e. The highest BCUT2D eigenvalue weighted by molar-refractivity contribution is 5.98. The first-order valence-electron chi connectivity index (χ1n) is 10.1. The standard InChI is InChI=1S/C23H27F2N3O3/c1-4-6-19(29)27-16-11-9-15(10-12-16)13-26-23(31)21(14(2)3)28-22(30)20-17(24)7-5-8-18(20)25/h5,7-12,14,21H,4,6,13H2,1-3H3,(H,26,31)(H,27,29)(H,28,30). The first kappa shape index (κ1) is 24.0. The van der Waals surface area contributed by atoms with Crippen molar-refractivity contribution in [3.63, 3.8) is 0 Å². The molecule has 8 heteroatoms. The van der Waals surface area contributed by atoms with Crippen LogP contribution in [0.1, 0.15) is 49.5 Å². The molecule has 3 amide bonds. The summed E-state index contributed by atoms with van der Waals surface area (Å²) < 4.78 is 27.7. The van der Waals surface area contributed by atoms with Gasteiger partial charge in [-0.15, -0.1) is 0 Å². The van der Waals surface area contributed by atoms with E-state index in [0.717, 1.165) is 30.2 Å². The fourth-order valence-corrected chi connectivity index (χ4v) is 2.92. The van der Waals surface area contributed by atoms with Crippen LogP contribution in [0.2, 0.25) is 0 Å². The average Bonchev–Trinajstić information content (AvgIpc) is 2.71. The molecule has 166 valence electrons. The summed E-state index contributed by atoms with van der Waals surface area (Å²) in [7, 11) is 0. The van der Waals surface area contributed by atoms with Crippen molar-refractivity contribution in [1.29, 1.82) is 0 Å². The Balaban J connectivity index is 1.98. The maximum absolute atomic E-state index is 13.9. The highest BCUT2D eigenvalue weighted by Crippen LogP contribution is 2.14. The van der Waals surface area contributed by atoms with E-state index < -0.39 is 35.1 Å². The number of rotatable bonds is 9. The number of carbonyl (C=O) groups is 3. The lowest BCUT2D eigenvalue weighted by atomic mass is 10.0. The van der Waals surface area contributed by atoms with E-state index in [4.69, 9.17) is 0 Å². The molecule has 2 aromatic rings. The van der Waals surface area contributed by atoms with Gasteiger partial charge in [-0.2, -0.15) is 0 Å². The molecule has 0 fully saturated rings. The molecular weight excluding hydrogens is 404 g/mol. The molecule has 0 saturated carbocycles. The van der Waals surface area contributed by atoms with Crippen LogP contribution in [0.25, 0.3) is 0 Å². The lowest BCUT2D eigenvalue weighted by molar-refractivity contribution is -0.124. The van der Waals surface area contributed by atoms with Gasteiger partial charge in [0.1, 0.15) is 23.2 Å². The van der Waals surface area contributed by atoms with Crippen molar-refractivity contribution >= 4 is 23.4 Å². The van der Waals surface area contributed by atoms with E-state index >= 15 is 0 Å². The first-order chi connectivity index (χ1) is 14.7. The molecular formula is C23H27F2N3O3. The Labute approximate surface area is 180 Å². The van der Waals surface area contributed by atoms with Crippen molar-refractivity contribution in [2.75, 3.05) is 5.32 Å². The molecule has 6 nitrogen and oxygen atoms in total. The van der Waals surface area contributed by atoms with Crippen LogP contribution in [-0.4, -0.2) is 23.8 Å². The zero-order valence-electron chi connectivity index (χ0n) is 17.8. The third-order valence-electron chi connectivity index (χ3n) is 4.61. The summed E-state index contributed by atoms with van der Waals surface area (Å²) in [6, 6.07) is 9.15. The molecule has 3 N–H and O–H groups in total. The van der Waals surface area contributed by atoms with Gasteiger partial charge >= 0.3 is 0 Å². The zero-order chi connectivity index (χ0) is 23.0. The maximum atomic E-state index is 13.9. The van der Waals surface area contributed by atoms with E-state index in [1.54, 1.807) is 38.1 Å². The van der Waals surface area contributed by atoms with Gasteiger partial charge in [-0.1, -0.05) is 39.0 Å². The molecule has 0 aromatic heterocycles. The smallest absolute Gasteiger partial charge is 0.257 e. The summed E-state index contributed by atoms with van der Waals surface area (Å²) in [5.41, 5.74) is 0.727. The van der Waals surface area contributed by atoms with Gasteiger partial charge in [-0.3, -0.25) is 14.4 Å². The number of halogens is 2. The number of hydrogen-bond donors (Lipinski definition) is 3. The maximum Gasteiger partial charge on any atom is 0.257 e. The van der Waals surface area contributed by atoms with Crippen LogP contribution in [0.5, 0.6) is 0 Å². The molecule has 0 aliphatic rings. The third kappa shape index (κ3) is 6.87. The summed E-state index contributed by atoms with van der Waals surface area (Å²) >= 11 is 0. The minimum absolute atomic E-state index is 0.0645. The van der Waals surface area contributed by atoms with E-state index in [9.17, 15) is 23.2 Å². The van der Waals surface area contributed by atoms with Gasteiger partial charge in [0.05, 0.1) is 0 Å². The molecule has 0 spiro atoms. The van der Waals surface area contributed by atoms with Gasteiger partial charge in [-0.25, -0.2) is 8.78 Å². The Bertz CT molecular complexity index is 910. The summed E-state index contributed by atoms with van der Waals surface area (Å²) in [6.45, 7) is 5.55. The van der Waals surface area contributed by atoms with Crippen LogP contribution in [-0.2, 0) is 16.1 Å². The topological polar surface area (TPSA) is 87.3 Å². The number of nitrogens with one attached hydrogen (secondary N) is 3. The number of carbonyl (C=O) groups excluding carboxylic acids is 3. The summed E-state index contributed by atoms with van der Waals surface area (Å²) in [4.78, 5) is 36.6. The molecule has 0 aliphatic heterocycles. The molecule has 1 unspecified atom stereocenters. The molecule has 0 aliphatic carbocycles. The quantitative estimate of drug-likeness (QED) is 0.565. The van der Waals surface area contributed by atoms with Gasteiger partial charge in [0.2, 0.25) is 11.8 Å². The van der Waals surface area contributed by atoms with Crippen molar-refractivity contribution in [3.8, 4) is 0 Å². The van der Waals surface area contributed by atoms with Crippen LogP contribution in [0, 0.1) is 17.6 Å². The second-order valence-electron chi connectivity index (χ2n) is 7.50. The van der Waals surface area contributed by atoms with E-state index in [1.807, 2.05) is 6.92 Å². The number of benzene rings is 2. The fraction of sp³-hybridized carbons (Fsp3) is 0.348. The third-order valence-corrected chi connectivity index (χ3v) is 4.61. The molecule has 0 saturated heterocycles. The Kier molecular flexibility index (Phi) is 8.66. The predicted molar refractivity (Wildman–Crippen MR) is 114 cm³/mol. The summed E-state index contributed by atoms with van der Waals surface area (Å²) in [6.07, 6.45) is 1.20. The Morgan fingerprint density at radius 2 is 1.58 bits per heavy atom. The zero-order valence-corrected chi connectivity index (χ0v) is 17.8. The number of hydrogen-bond acceptors (Lipinski definition) is 3. The van der Waals surface area contributed by atoms with Crippen LogP contribution >= 0.6 is 0 Å². The van der Waals surface area contributed by atoms with Gasteiger partial charge in [0.15, 0.2) is 0 Å². The minimum atomic E-state index is -0.994. The highest BCUT2D eigenvalue weighted by Gasteiger charge is 2.27. The van der Waals surface area contributed by atoms with Crippen molar-refractivity contribution in [2.45, 2.75) is 46.2 Å². The summed E-state index contributed by atoms with van der Waals surface area (Å²) in [5, 5.41) is 7.91. The van der Waals surface area contributed by atoms with Crippen molar-refractivity contribution in [3.05, 3.63) is 65.2 Å². The van der Waals surface area contributed by atoms with Crippen LogP contribution in [0.4, 0.5) is 14.5 Å². The highest BCUT2D eigenvalue weighted by atomic mass is 19.1. The van der Waals surface area contributed by atoms with Crippen molar-refractivity contribution in [2.24, 2.45) is 5.92 Å². The molecule has 0 bridgehead atoms. The average molecular weight is 431 g/mol. The Morgan fingerprint density at radius 3 is 2.13 bits per heavy atom. The monoisotopic (exact) mass is 431 g/mol. The first-order valence-corrected chi connectivity index (χ1v) is 10.1. The molecule has 2 rings (SSSR count). The predicted octanol–water partition coefficient (Wildman–Crippen LogP) is 3.77. The second kappa shape index (κ2) is 11.2. The largest absolute Gasteiger partial charge is 0.350 e. The van der Waals surface area contributed by atoms with Crippen LogP contribution < -0.4 is 16.0 Å². The van der Waals surface area contributed by atoms with Crippen LogP contribution in [0.3, 0.4) is 0 Å². The number of amides is 3. The van der Waals surface area contributed by atoms with Crippen molar-refractivity contribution in [1.82, 2.24) is 10.6 Å². The van der Waals surface area contributed by atoms with Gasteiger partial charge in [0, 0.05) is 18.7 Å². The van der Waals surface area contributed by atoms with E-state index in [1.165, 1.54) is 0 Å². The molecule has 0 radical (unpaired) electrons. The Hall–Kier alpha value is -3.29. The van der Waals surface area contributed by atoms with Gasteiger partial charge < -0.3 is 16.0 Å². The van der Waals surface area contributed by atoms with E-state index in [-0.39, 0.29) is 18.4 Å². The molecule has 0 heterocycles. The summed E-state index contributed by atoms with van der Waals surface area (Å²) in [5.74, 6) is -3.82. The van der Waals surface area contributed by atoms with Crippen LogP contribution in [0.15, 0.2) is 42.5 Å². The van der Waals surface area contributed by atoms with E-state index in [0.29, 0.717) is 12.1 Å². The molecule has 1 atom stereocenters. The lowest BCUT2D eigenvalue weighted by Gasteiger charge is -2.22. The molecule has 2 aromatic carbocycles.